The molecule has 1 rings (SSSR count). The minimum atomic E-state index is -0.638. The molecule has 0 aliphatic heterocycles. The summed E-state index contributed by atoms with van der Waals surface area (Å²) in [6.07, 6.45) is 4.17. The summed E-state index contributed by atoms with van der Waals surface area (Å²) in [5, 5.41) is 2.70. The van der Waals surface area contributed by atoms with Crippen molar-refractivity contribution < 1.29 is 14.3 Å². The normalized spacial score (nSPS) is 16.9. The minimum absolute atomic E-state index is 0.168. The molecule has 0 radical (unpaired) electrons. The van der Waals surface area contributed by atoms with E-state index in [0.717, 1.165) is 25.7 Å². The van der Waals surface area contributed by atoms with Crippen LogP contribution in [-0.4, -0.2) is 37.2 Å². The molecular weight excluding hydrogens is 196 g/mol. The summed E-state index contributed by atoms with van der Waals surface area (Å²) in [5.74, 6) is 0. The number of rotatable bonds is 1. The number of hydrogen-bond acceptors (Lipinski definition) is 3. The Bertz CT molecular complexity index is 235. The highest BCUT2D eigenvalue weighted by atomic mass is 16.6. The standard InChI is InChI=1S/C10H18N2O3/c1-12(2)10(14)15-9(13)11-8-6-4-3-5-7-8/h8H,3-7H2,1-2H3,(H,11,13). The van der Waals surface area contributed by atoms with Crippen molar-refractivity contribution in [1.82, 2.24) is 10.2 Å². The number of carbonyl (C=O) groups is 2. The van der Waals surface area contributed by atoms with E-state index in [1.165, 1.54) is 25.4 Å². The van der Waals surface area contributed by atoms with Gasteiger partial charge in [-0.05, 0) is 12.8 Å². The molecule has 1 saturated carbocycles. The van der Waals surface area contributed by atoms with Crippen molar-refractivity contribution in [2.45, 2.75) is 38.1 Å². The van der Waals surface area contributed by atoms with Crippen LogP contribution in [0.15, 0.2) is 0 Å². The van der Waals surface area contributed by atoms with Crippen molar-refractivity contribution in [3.63, 3.8) is 0 Å². The first kappa shape index (κ1) is 11.8. The van der Waals surface area contributed by atoms with Crippen molar-refractivity contribution in [3.05, 3.63) is 0 Å². The van der Waals surface area contributed by atoms with Gasteiger partial charge >= 0.3 is 12.2 Å². The smallest absolute Gasteiger partial charge is 0.359 e. The maximum absolute atomic E-state index is 11.2. The van der Waals surface area contributed by atoms with Gasteiger partial charge in [0.05, 0.1) is 0 Å². The van der Waals surface area contributed by atoms with Gasteiger partial charge in [0.15, 0.2) is 0 Å². The molecule has 86 valence electrons. The summed E-state index contributed by atoms with van der Waals surface area (Å²) in [6, 6.07) is 0.168. The van der Waals surface area contributed by atoms with Crippen molar-refractivity contribution in [2.75, 3.05) is 14.1 Å². The van der Waals surface area contributed by atoms with Crippen LogP contribution in [0.2, 0.25) is 0 Å². The highest BCUT2D eigenvalue weighted by molar-refractivity contribution is 5.83. The molecule has 1 aliphatic carbocycles. The highest BCUT2D eigenvalue weighted by Gasteiger charge is 2.18. The second kappa shape index (κ2) is 5.58. The van der Waals surface area contributed by atoms with Crippen LogP contribution in [0.3, 0.4) is 0 Å². The van der Waals surface area contributed by atoms with Gasteiger partial charge in [0.25, 0.3) is 0 Å². The van der Waals surface area contributed by atoms with E-state index in [2.05, 4.69) is 10.1 Å². The summed E-state index contributed by atoms with van der Waals surface area (Å²) in [4.78, 5) is 23.5. The van der Waals surface area contributed by atoms with E-state index in [-0.39, 0.29) is 6.04 Å². The minimum Gasteiger partial charge on any atom is -0.359 e. The molecule has 0 bridgehead atoms. The Labute approximate surface area is 89.8 Å². The molecule has 0 unspecified atom stereocenters. The molecular formula is C10H18N2O3. The van der Waals surface area contributed by atoms with Gasteiger partial charge in [0.2, 0.25) is 0 Å². The van der Waals surface area contributed by atoms with Gasteiger partial charge in [-0.25, -0.2) is 9.59 Å². The zero-order chi connectivity index (χ0) is 11.3. The summed E-state index contributed by atoms with van der Waals surface area (Å²) in [5.41, 5.74) is 0. The second-order valence-electron chi connectivity index (χ2n) is 4.03. The lowest BCUT2D eigenvalue weighted by molar-refractivity contribution is 0.127. The summed E-state index contributed by atoms with van der Waals surface area (Å²) >= 11 is 0. The van der Waals surface area contributed by atoms with Crippen LogP contribution in [0.25, 0.3) is 0 Å². The first-order valence-electron chi connectivity index (χ1n) is 5.29. The molecule has 2 amide bonds. The largest absolute Gasteiger partial charge is 0.418 e. The molecule has 5 nitrogen and oxygen atoms in total. The fourth-order valence-electron chi connectivity index (χ4n) is 1.61. The zero-order valence-electron chi connectivity index (χ0n) is 9.28. The summed E-state index contributed by atoms with van der Waals surface area (Å²) in [6.45, 7) is 0. The monoisotopic (exact) mass is 214 g/mol. The Balaban J connectivity index is 2.25. The lowest BCUT2D eigenvalue weighted by Gasteiger charge is -2.22. The summed E-state index contributed by atoms with van der Waals surface area (Å²) < 4.78 is 4.55. The van der Waals surface area contributed by atoms with E-state index in [1.807, 2.05) is 0 Å². The number of nitrogens with one attached hydrogen (secondary N) is 1. The second-order valence-corrected chi connectivity index (χ2v) is 4.03. The van der Waals surface area contributed by atoms with Crippen LogP contribution in [-0.2, 0) is 4.74 Å². The molecule has 1 fully saturated rings. The van der Waals surface area contributed by atoms with E-state index in [0.29, 0.717) is 0 Å². The third-order valence-corrected chi connectivity index (χ3v) is 2.47. The maximum Gasteiger partial charge on any atom is 0.418 e. The zero-order valence-corrected chi connectivity index (χ0v) is 9.28. The molecule has 0 saturated heterocycles. The molecule has 5 heteroatoms. The van der Waals surface area contributed by atoms with Crippen LogP contribution in [0.5, 0.6) is 0 Å². The molecule has 0 aromatic rings. The van der Waals surface area contributed by atoms with Gasteiger partial charge in [0.1, 0.15) is 0 Å². The summed E-state index contributed by atoms with van der Waals surface area (Å²) in [7, 11) is 3.08. The van der Waals surface area contributed by atoms with Gasteiger partial charge in [0, 0.05) is 20.1 Å². The first-order chi connectivity index (χ1) is 7.09. The third-order valence-electron chi connectivity index (χ3n) is 2.47. The van der Waals surface area contributed by atoms with Crippen molar-refractivity contribution in [3.8, 4) is 0 Å². The number of carbonyl (C=O) groups excluding carboxylic acids is 2. The van der Waals surface area contributed by atoms with Crippen LogP contribution in [0.4, 0.5) is 9.59 Å². The topological polar surface area (TPSA) is 58.6 Å². The van der Waals surface area contributed by atoms with E-state index in [1.54, 1.807) is 0 Å². The molecule has 0 atom stereocenters. The third kappa shape index (κ3) is 4.18. The number of nitrogens with zero attached hydrogens (tertiary/aromatic N) is 1. The highest BCUT2D eigenvalue weighted by Crippen LogP contribution is 2.17. The fraction of sp³-hybridized carbons (Fsp3) is 0.800. The maximum atomic E-state index is 11.2. The van der Waals surface area contributed by atoms with Crippen molar-refractivity contribution in [2.24, 2.45) is 0 Å². The van der Waals surface area contributed by atoms with E-state index in [9.17, 15) is 9.59 Å². The van der Waals surface area contributed by atoms with Gasteiger partial charge in [-0.1, -0.05) is 19.3 Å². The number of alkyl carbamates (subject to hydrolysis) is 1. The molecule has 1 N–H and O–H groups in total. The van der Waals surface area contributed by atoms with Crippen molar-refractivity contribution in [1.29, 1.82) is 0 Å². The van der Waals surface area contributed by atoms with E-state index >= 15 is 0 Å². The van der Waals surface area contributed by atoms with Gasteiger partial charge in [-0.15, -0.1) is 0 Å². The molecule has 0 aromatic carbocycles. The Morgan fingerprint density at radius 3 is 2.33 bits per heavy atom. The Kier molecular flexibility index (Phi) is 4.39. The number of hydrogen-bond donors (Lipinski definition) is 1. The molecule has 15 heavy (non-hydrogen) atoms. The average molecular weight is 214 g/mol. The van der Waals surface area contributed by atoms with E-state index in [4.69, 9.17) is 0 Å². The van der Waals surface area contributed by atoms with Gasteiger partial charge in [-0.2, -0.15) is 0 Å². The predicted octanol–water partition coefficient (Wildman–Crippen LogP) is 1.73. The molecule has 0 aromatic heterocycles. The fourth-order valence-corrected chi connectivity index (χ4v) is 1.61. The average Bonchev–Trinajstić information content (AvgIpc) is 2.18. The SMILES string of the molecule is CN(C)C(=O)OC(=O)NC1CCCCC1. The van der Waals surface area contributed by atoms with Crippen LogP contribution >= 0.6 is 0 Å². The number of ether oxygens (including phenoxy) is 1. The molecule has 1 aliphatic rings. The van der Waals surface area contributed by atoms with Crippen LogP contribution in [0.1, 0.15) is 32.1 Å². The lowest BCUT2D eigenvalue weighted by atomic mass is 9.96. The van der Waals surface area contributed by atoms with Crippen LogP contribution in [0, 0.1) is 0 Å². The molecule has 0 spiro atoms. The van der Waals surface area contributed by atoms with Gasteiger partial charge in [-0.3, -0.25) is 0 Å². The molecule has 0 heterocycles. The van der Waals surface area contributed by atoms with Crippen LogP contribution < -0.4 is 5.32 Å². The lowest BCUT2D eigenvalue weighted by Crippen LogP contribution is -2.39. The Morgan fingerprint density at radius 1 is 1.20 bits per heavy atom. The first-order valence-corrected chi connectivity index (χ1v) is 5.29. The predicted molar refractivity (Wildman–Crippen MR) is 55.6 cm³/mol. The Hall–Kier alpha value is -1.26. The quantitative estimate of drug-likeness (QED) is 0.676. The van der Waals surface area contributed by atoms with Gasteiger partial charge < -0.3 is 15.0 Å². The Morgan fingerprint density at radius 2 is 1.80 bits per heavy atom. The van der Waals surface area contributed by atoms with E-state index < -0.39 is 12.2 Å². The van der Waals surface area contributed by atoms with Crippen molar-refractivity contribution >= 4 is 12.2 Å². The number of amides is 2.